The number of piperidine rings is 2. The van der Waals surface area contributed by atoms with E-state index >= 15 is 0 Å². The van der Waals surface area contributed by atoms with Gasteiger partial charge in [0, 0.05) is 6.04 Å². The standard InChI is InChI=1S/C21H32N2O/c1-16(2)24-19-5-3-17(4-6-19)20-15-21(20)9-13-23(14-10-21)18-7-11-22-12-8-18/h3-6,16,18,20,22H,7-15H2,1-2H3. The van der Waals surface area contributed by atoms with Crippen LogP contribution in [0.3, 0.4) is 0 Å². The first-order valence-electron chi connectivity index (χ1n) is 9.88. The number of likely N-dealkylation sites (tertiary alicyclic amines) is 1. The van der Waals surface area contributed by atoms with Gasteiger partial charge in [-0.3, -0.25) is 0 Å². The molecular weight excluding hydrogens is 296 g/mol. The van der Waals surface area contributed by atoms with E-state index in [9.17, 15) is 0 Å². The zero-order chi connectivity index (χ0) is 16.6. The fourth-order valence-corrected chi connectivity index (χ4v) is 4.93. The second-order valence-corrected chi connectivity index (χ2v) is 8.37. The summed E-state index contributed by atoms with van der Waals surface area (Å²) in [6, 6.07) is 9.76. The van der Waals surface area contributed by atoms with Crippen LogP contribution in [0.2, 0.25) is 0 Å². The fourth-order valence-electron chi connectivity index (χ4n) is 4.93. The third-order valence-electron chi connectivity index (χ3n) is 6.46. The minimum Gasteiger partial charge on any atom is -0.491 e. The van der Waals surface area contributed by atoms with Crippen LogP contribution in [0.15, 0.2) is 24.3 Å². The second kappa shape index (κ2) is 6.68. The summed E-state index contributed by atoms with van der Waals surface area (Å²) in [6.07, 6.45) is 7.12. The maximum Gasteiger partial charge on any atom is 0.119 e. The molecule has 3 aliphatic rings. The smallest absolute Gasteiger partial charge is 0.119 e. The number of nitrogens with zero attached hydrogens (tertiary/aromatic N) is 1. The molecule has 4 rings (SSSR count). The highest BCUT2D eigenvalue weighted by molar-refractivity contribution is 5.35. The van der Waals surface area contributed by atoms with Crippen molar-refractivity contribution < 1.29 is 4.74 Å². The molecule has 3 nitrogen and oxygen atoms in total. The van der Waals surface area contributed by atoms with E-state index in [1.165, 1.54) is 63.8 Å². The lowest BCUT2D eigenvalue weighted by atomic mass is 9.87. The van der Waals surface area contributed by atoms with Gasteiger partial charge < -0.3 is 15.0 Å². The van der Waals surface area contributed by atoms with Crippen molar-refractivity contribution >= 4 is 0 Å². The van der Waals surface area contributed by atoms with Gasteiger partial charge in [0.05, 0.1) is 6.10 Å². The number of rotatable bonds is 4. The van der Waals surface area contributed by atoms with Gasteiger partial charge in [-0.25, -0.2) is 0 Å². The second-order valence-electron chi connectivity index (χ2n) is 8.37. The van der Waals surface area contributed by atoms with E-state index in [-0.39, 0.29) is 6.10 Å². The van der Waals surface area contributed by atoms with Crippen molar-refractivity contribution in [1.29, 1.82) is 0 Å². The van der Waals surface area contributed by atoms with Gasteiger partial charge in [0.2, 0.25) is 0 Å². The van der Waals surface area contributed by atoms with Crippen LogP contribution in [-0.4, -0.2) is 43.2 Å². The summed E-state index contributed by atoms with van der Waals surface area (Å²) in [7, 11) is 0. The van der Waals surface area contributed by atoms with E-state index in [2.05, 4.69) is 48.3 Å². The average molecular weight is 329 g/mol. The number of nitrogens with one attached hydrogen (secondary N) is 1. The van der Waals surface area contributed by atoms with Crippen molar-refractivity contribution in [3.63, 3.8) is 0 Å². The Morgan fingerprint density at radius 1 is 1.08 bits per heavy atom. The normalized spacial score (nSPS) is 27.5. The first kappa shape index (κ1) is 16.4. The van der Waals surface area contributed by atoms with Crippen molar-refractivity contribution in [3.8, 4) is 5.75 Å². The molecule has 2 aliphatic heterocycles. The Balaban J connectivity index is 1.33. The van der Waals surface area contributed by atoms with Gasteiger partial charge in [-0.05, 0) is 101 Å². The van der Waals surface area contributed by atoms with E-state index in [1.54, 1.807) is 0 Å². The summed E-state index contributed by atoms with van der Waals surface area (Å²) in [5, 5.41) is 3.49. The quantitative estimate of drug-likeness (QED) is 0.910. The molecule has 1 spiro atoms. The summed E-state index contributed by atoms with van der Waals surface area (Å²) in [5.41, 5.74) is 2.14. The van der Waals surface area contributed by atoms with Crippen LogP contribution < -0.4 is 10.1 Å². The minimum absolute atomic E-state index is 0.252. The van der Waals surface area contributed by atoms with Gasteiger partial charge in [-0.15, -0.1) is 0 Å². The molecule has 24 heavy (non-hydrogen) atoms. The summed E-state index contributed by atoms with van der Waals surface area (Å²) in [4.78, 5) is 2.78. The molecule has 0 bridgehead atoms. The fraction of sp³-hybridized carbons (Fsp3) is 0.714. The zero-order valence-electron chi connectivity index (χ0n) is 15.3. The van der Waals surface area contributed by atoms with Crippen LogP contribution in [0.1, 0.15) is 57.4 Å². The number of benzene rings is 1. The molecule has 0 amide bonds. The Kier molecular flexibility index (Phi) is 4.57. The summed E-state index contributed by atoms with van der Waals surface area (Å²) in [6.45, 7) is 9.21. The number of ether oxygens (including phenoxy) is 1. The van der Waals surface area contributed by atoms with Gasteiger partial charge in [0.1, 0.15) is 5.75 Å². The molecule has 1 N–H and O–H groups in total. The molecule has 1 aliphatic carbocycles. The van der Waals surface area contributed by atoms with Gasteiger partial charge >= 0.3 is 0 Å². The number of hydrogen-bond acceptors (Lipinski definition) is 3. The van der Waals surface area contributed by atoms with Gasteiger partial charge in [-0.2, -0.15) is 0 Å². The summed E-state index contributed by atoms with van der Waals surface area (Å²) >= 11 is 0. The van der Waals surface area contributed by atoms with Crippen molar-refractivity contribution in [2.45, 2.75) is 64.0 Å². The Labute approximate surface area is 146 Å². The Hall–Kier alpha value is -1.06. The van der Waals surface area contributed by atoms with Crippen molar-refractivity contribution in [3.05, 3.63) is 29.8 Å². The van der Waals surface area contributed by atoms with E-state index in [1.807, 2.05) is 0 Å². The van der Waals surface area contributed by atoms with Crippen LogP contribution in [0.4, 0.5) is 0 Å². The first-order chi connectivity index (χ1) is 11.7. The predicted molar refractivity (Wildman–Crippen MR) is 98.7 cm³/mol. The van der Waals surface area contributed by atoms with E-state index < -0.39 is 0 Å². The monoisotopic (exact) mass is 328 g/mol. The van der Waals surface area contributed by atoms with E-state index in [4.69, 9.17) is 4.74 Å². The molecule has 0 aromatic heterocycles. The molecule has 1 unspecified atom stereocenters. The van der Waals surface area contributed by atoms with E-state index in [0.29, 0.717) is 5.41 Å². The highest BCUT2D eigenvalue weighted by Gasteiger charge is 2.55. The lowest BCUT2D eigenvalue weighted by molar-refractivity contribution is 0.102. The van der Waals surface area contributed by atoms with Crippen molar-refractivity contribution in [2.75, 3.05) is 26.2 Å². The summed E-state index contributed by atoms with van der Waals surface area (Å²) < 4.78 is 5.78. The Morgan fingerprint density at radius 2 is 1.75 bits per heavy atom. The van der Waals surface area contributed by atoms with Gasteiger partial charge in [0.15, 0.2) is 0 Å². The number of hydrogen-bond donors (Lipinski definition) is 1. The summed E-state index contributed by atoms with van der Waals surface area (Å²) in [5.74, 6) is 1.80. The molecule has 1 saturated carbocycles. The molecule has 2 saturated heterocycles. The lowest BCUT2D eigenvalue weighted by Gasteiger charge is -2.40. The Morgan fingerprint density at radius 3 is 2.38 bits per heavy atom. The molecule has 3 fully saturated rings. The van der Waals surface area contributed by atoms with Crippen molar-refractivity contribution in [2.24, 2.45) is 5.41 Å². The maximum absolute atomic E-state index is 5.78. The highest BCUT2D eigenvalue weighted by Crippen LogP contribution is 2.65. The van der Waals surface area contributed by atoms with Crippen LogP contribution in [0, 0.1) is 5.41 Å². The first-order valence-corrected chi connectivity index (χ1v) is 9.88. The Bertz CT molecular complexity index is 539. The topological polar surface area (TPSA) is 24.5 Å². The minimum atomic E-state index is 0.252. The van der Waals surface area contributed by atoms with Gasteiger partial charge in [-0.1, -0.05) is 12.1 Å². The SMILES string of the molecule is CC(C)Oc1ccc(C2CC23CCN(C2CCNCC2)CC3)cc1. The molecule has 1 aromatic carbocycles. The third-order valence-corrected chi connectivity index (χ3v) is 6.46. The average Bonchev–Trinajstić information content (AvgIpc) is 3.30. The lowest BCUT2D eigenvalue weighted by Crippen LogP contribution is -2.47. The van der Waals surface area contributed by atoms with Crippen LogP contribution in [-0.2, 0) is 0 Å². The molecular formula is C21H32N2O. The van der Waals surface area contributed by atoms with Crippen LogP contribution >= 0.6 is 0 Å². The molecule has 0 radical (unpaired) electrons. The molecule has 2 heterocycles. The predicted octanol–water partition coefficient (Wildman–Crippen LogP) is 3.80. The maximum atomic E-state index is 5.78. The molecule has 3 heteroatoms. The highest BCUT2D eigenvalue weighted by atomic mass is 16.5. The molecule has 1 aromatic rings. The molecule has 1 atom stereocenters. The van der Waals surface area contributed by atoms with Crippen molar-refractivity contribution in [1.82, 2.24) is 10.2 Å². The van der Waals surface area contributed by atoms with Gasteiger partial charge in [0.25, 0.3) is 0 Å². The van der Waals surface area contributed by atoms with E-state index in [0.717, 1.165) is 17.7 Å². The largest absolute Gasteiger partial charge is 0.491 e. The van der Waals surface area contributed by atoms with Crippen LogP contribution in [0.25, 0.3) is 0 Å². The third kappa shape index (κ3) is 3.34. The molecule has 132 valence electrons. The zero-order valence-corrected chi connectivity index (χ0v) is 15.3. The van der Waals surface area contributed by atoms with Crippen LogP contribution in [0.5, 0.6) is 5.75 Å².